The van der Waals surface area contributed by atoms with Gasteiger partial charge in [0.05, 0.1) is 11.6 Å². The lowest BCUT2D eigenvalue weighted by Crippen LogP contribution is -2.40. The fraction of sp³-hybridized carbons (Fsp3) is 0.357. The van der Waals surface area contributed by atoms with E-state index in [2.05, 4.69) is 15.5 Å². The molecule has 0 saturated heterocycles. The van der Waals surface area contributed by atoms with Crippen LogP contribution in [0.15, 0.2) is 28.8 Å². The lowest BCUT2D eigenvalue weighted by Gasteiger charge is -2.16. The second-order valence-electron chi connectivity index (χ2n) is 4.93. The Morgan fingerprint density at radius 1 is 1.43 bits per heavy atom. The maximum atomic E-state index is 11.1. The summed E-state index contributed by atoms with van der Waals surface area (Å²) in [5.74, 6) is -0.255. The van der Waals surface area contributed by atoms with Crippen LogP contribution in [-0.2, 0) is 11.3 Å². The first-order valence-electron chi connectivity index (χ1n) is 6.52. The third kappa shape index (κ3) is 3.80. The topological polar surface area (TPSA) is 88.3 Å². The second-order valence-corrected chi connectivity index (χ2v) is 5.34. The maximum Gasteiger partial charge on any atom is 0.320 e. The van der Waals surface area contributed by atoms with Gasteiger partial charge in [0.2, 0.25) is 11.7 Å². The van der Waals surface area contributed by atoms with E-state index in [0.29, 0.717) is 22.3 Å². The van der Waals surface area contributed by atoms with Crippen molar-refractivity contribution in [1.82, 2.24) is 15.5 Å². The Labute approximate surface area is 127 Å². The summed E-state index contributed by atoms with van der Waals surface area (Å²) >= 11 is 6.06. The van der Waals surface area contributed by atoms with Crippen LogP contribution in [0.2, 0.25) is 5.02 Å². The van der Waals surface area contributed by atoms with Gasteiger partial charge in [0, 0.05) is 5.56 Å². The Morgan fingerprint density at radius 2 is 2.14 bits per heavy atom. The van der Waals surface area contributed by atoms with Gasteiger partial charge in [-0.1, -0.05) is 42.7 Å². The largest absolute Gasteiger partial charge is 0.480 e. The van der Waals surface area contributed by atoms with Gasteiger partial charge in [0.25, 0.3) is 0 Å². The predicted octanol–water partition coefficient (Wildman–Crippen LogP) is 2.59. The van der Waals surface area contributed by atoms with Crippen molar-refractivity contribution in [3.63, 3.8) is 0 Å². The van der Waals surface area contributed by atoms with E-state index in [1.807, 2.05) is 26.0 Å². The van der Waals surface area contributed by atoms with Crippen molar-refractivity contribution in [2.75, 3.05) is 0 Å². The number of nitrogens with zero attached hydrogens (tertiary/aromatic N) is 2. The number of aliphatic carboxylic acids is 1. The Morgan fingerprint density at radius 3 is 2.76 bits per heavy atom. The summed E-state index contributed by atoms with van der Waals surface area (Å²) in [5, 5.41) is 16.4. The minimum atomic E-state index is -0.907. The first kappa shape index (κ1) is 15.5. The van der Waals surface area contributed by atoms with Crippen molar-refractivity contribution in [3.05, 3.63) is 35.2 Å². The minimum absolute atomic E-state index is 0.0477. The molecule has 1 unspecified atom stereocenters. The highest BCUT2D eigenvalue weighted by Crippen LogP contribution is 2.24. The molecule has 0 aliphatic carbocycles. The van der Waals surface area contributed by atoms with Crippen molar-refractivity contribution >= 4 is 17.6 Å². The van der Waals surface area contributed by atoms with Crippen LogP contribution in [-0.4, -0.2) is 27.3 Å². The summed E-state index contributed by atoms with van der Waals surface area (Å²) < 4.78 is 5.11. The summed E-state index contributed by atoms with van der Waals surface area (Å²) in [7, 11) is 0. The molecular formula is C14H16ClN3O3. The highest BCUT2D eigenvalue weighted by atomic mass is 35.5. The lowest BCUT2D eigenvalue weighted by molar-refractivity contribution is -0.140. The monoisotopic (exact) mass is 309 g/mol. The quantitative estimate of drug-likeness (QED) is 0.852. The molecule has 7 heteroatoms. The van der Waals surface area contributed by atoms with Gasteiger partial charge in [-0.15, -0.1) is 0 Å². The Kier molecular flexibility index (Phi) is 4.93. The molecule has 2 aromatic rings. The van der Waals surface area contributed by atoms with Crippen LogP contribution in [0.25, 0.3) is 11.4 Å². The van der Waals surface area contributed by atoms with Crippen molar-refractivity contribution in [1.29, 1.82) is 0 Å². The Hall–Kier alpha value is -1.92. The second kappa shape index (κ2) is 6.69. The number of aromatic nitrogens is 2. The molecule has 1 atom stereocenters. The highest BCUT2D eigenvalue weighted by Gasteiger charge is 2.21. The van der Waals surface area contributed by atoms with Crippen LogP contribution >= 0.6 is 11.6 Å². The number of carboxylic acid groups (broad SMARTS) is 1. The van der Waals surface area contributed by atoms with Crippen LogP contribution in [0.1, 0.15) is 19.7 Å². The number of benzene rings is 1. The van der Waals surface area contributed by atoms with E-state index in [1.165, 1.54) is 0 Å². The molecule has 0 spiro atoms. The molecule has 0 fully saturated rings. The fourth-order valence-electron chi connectivity index (χ4n) is 1.88. The molecule has 2 rings (SSSR count). The number of carboxylic acids is 1. The van der Waals surface area contributed by atoms with Gasteiger partial charge in [0.15, 0.2) is 0 Å². The van der Waals surface area contributed by atoms with Gasteiger partial charge in [-0.25, -0.2) is 0 Å². The fourth-order valence-corrected chi connectivity index (χ4v) is 2.10. The van der Waals surface area contributed by atoms with E-state index < -0.39 is 12.0 Å². The molecular weight excluding hydrogens is 294 g/mol. The Balaban J connectivity index is 2.07. The molecule has 0 bridgehead atoms. The molecule has 1 aromatic carbocycles. The van der Waals surface area contributed by atoms with Gasteiger partial charge in [-0.3, -0.25) is 10.1 Å². The summed E-state index contributed by atoms with van der Waals surface area (Å²) in [6.45, 7) is 3.84. The number of halogens is 1. The third-order valence-electron chi connectivity index (χ3n) is 2.99. The first-order valence-corrected chi connectivity index (χ1v) is 6.90. The molecule has 2 N–H and O–H groups in total. The van der Waals surface area contributed by atoms with Crippen molar-refractivity contribution in [2.45, 2.75) is 26.4 Å². The van der Waals surface area contributed by atoms with Gasteiger partial charge in [0.1, 0.15) is 6.04 Å². The van der Waals surface area contributed by atoms with Crippen LogP contribution < -0.4 is 5.32 Å². The first-order chi connectivity index (χ1) is 9.99. The van der Waals surface area contributed by atoms with Gasteiger partial charge < -0.3 is 9.63 Å². The van der Waals surface area contributed by atoms with Crippen LogP contribution in [0, 0.1) is 5.92 Å². The van der Waals surface area contributed by atoms with E-state index in [1.54, 1.807) is 12.1 Å². The summed E-state index contributed by atoms with van der Waals surface area (Å²) in [4.78, 5) is 15.3. The number of nitrogens with one attached hydrogen (secondary N) is 1. The standard InChI is InChI=1S/C14H16ClN3O3/c1-8(2)12(14(19)20)16-7-11-17-13(18-21-11)9-5-3-4-6-10(9)15/h3-6,8,12,16H,7H2,1-2H3,(H,19,20). The van der Waals surface area contributed by atoms with Crippen molar-refractivity contribution in [3.8, 4) is 11.4 Å². The third-order valence-corrected chi connectivity index (χ3v) is 3.32. The SMILES string of the molecule is CC(C)C(NCc1nc(-c2ccccc2Cl)no1)C(=O)O. The van der Waals surface area contributed by atoms with E-state index in [9.17, 15) is 4.79 Å². The molecule has 0 saturated carbocycles. The summed E-state index contributed by atoms with van der Waals surface area (Å²) in [5.41, 5.74) is 0.674. The van der Waals surface area contributed by atoms with E-state index in [0.717, 1.165) is 0 Å². The number of hydrogen-bond acceptors (Lipinski definition) is 5. The molecule has 1 aromatic heterocycles. The normalized spacial score (nSPS) is 12.6. The average Bonchev–Trinajstić information content (AvgIpc) is 2.87. The summed E-state index contributed by atoms with van der Waals surface area (Å²) in [6, 6.07) is 6.51. The van der Waals surface area contributed by atoms with Crippen LogP contribution in [0.3, 0.4) is 0 Å². The zero-order valence-electron chi connectivity index (χ0n) is 11.7. The zero-order valence-corrected chi connectivity index (χ0v) is 12.5. The minimum Gasteiger partial charge on any atom is -0.480 e. The molecule has 0 radical (unpaired) electrons. The van der Waals surface area contributed by atoms with Crippen LogP contribution in [0.5, 0.6) is 0 Å². The smallest absolute Gasteiger partial charge is 0.320 e. The zero-order chi connectivity index (χ0) is 15.4. The predicted molar refractivity (Wildman–Crippen MR) is 77.8 cm³/mol. The molecule has 6 nitrogen and oxygen atoms in total. The van der Waals surface area contributed by atoms with Crippen molar-refractivity contribution < 1.29 is 14.4 Å². The van der Waals surface area contributed by atoms with Crippen LogP contribution in [0.4, 0.5) is 0 Å². The summed E-state index contributed by atoms with van der Waals surface area (Å²) in [6.07, 6.45) is 0. The maximum absolute atomic E-state index is 11.1. The number of carbonyl (C=O) groups is 1. The molecule has 0 aliphatic rings. The average molecular weight is 310 g/mol. The molecule has 112 valence electrons. The van der Waals surface area contributed by atoms with Gasteiger partial charge in [-0.2, -0.15) is 4.98 Å². The number of hydrogen-bond donors (Lipinski definition) is 2. The molecule has 1 heterocycles. The highest BCUT2D eigenvalue weighted by molar-refractivity contribution is 6.33. The molecule has 0 aliphatic heterocycles. The van der Waals surface area contributed by atoms with E-state index >= 15 is 0 Å². The molecule has 0 amide bonds. The Bertz CT molecular complexity index is 627. The van der Waals surface area contributed by atoms with Crippen molar-refractivity contribution in [2.24, 2.45) is 5.92 Å². The number of rotatable bonds is 6. The van der Waals surface area contributed by atoms with E-state index in [-0.39, 0.29) is 12.5 Å². The van der Waals surface area contributed by atoms with E-state index in [4.69, 9.17) is 21.2 Å². The molecule has 21 heavy (non-hydrogen) atoms. The van der Waals surface area contributed by atoms with Gasteiger partial charge >= 0.3 is 5.97 Å². The van der Waals surface area contributed by atoms with Gasteiger partial charge in [-0.05, 0) is 18.1 Å². The lowest BCUT2D eigenvalue weighted by atomic mass is 10.1.